The third-order valence-corrected chi connectivity index (χ3v) is 3.26. The van der Waals surface area contributed by atoms with Gasteiger partial charge in [-0.25, -0.2) is 8.78 Å². The van der Waals surface area contributed by atoms with Crippen LogP contribution in [0.5, 0.6) is 0 Å². The van der Waals surface area contributed by atoms with Crippen molar-refractivity contribution in [3.63, 3.8) is 0 Å². The largest absolute Gasteiger partial charge is 0.481 e. The van der Waals surface area contributed by atoms with Crippen LogP contribution in [0.4, 0.5) is 14.5 Å². The van der Waals surface area contributed by atoms with Gasteiger partial charge in [0.1, 0.15) is 11.6 Å². The van der Waals surface area contributed by atoms with Crippen molar-refractivity contribution in [3.8, 4) is 0 Å². The average molecular weight is 255 g/mol. The van der Waals surface area contributed by atoms with Crippen LogP contribution in [-0.2, 0) is 4.79 Å². The van der Waals surface area contributed by atoms with E-state index in [2.05, 4.69) is 5.32 Å². The molecule has 0 bridgehead atoms. The Kier molecular flexibility index (Phi) is 3.79. The van der Waals surface area contributed by atoms with Gasteiger partial charge >= 0.3 is 5.97 Å². The zero-order valence-electron chi connectivity index (χ0n) is 9.83. The minimum absolute atomic E-state index is 0.0407. The zero-order chi connectivity index (χ0) is 13.1. The molecule has 0 aromatic heterocycles. The molecule has 0 amide bonds. The van der Waals surface area contributed by atoms with Gasteiger partial charge in [0.15, 0.2) is 0 Å². The van der Waals surface area contributed by atoms with E-state index in [0.717, 1.165) is 18.9 Å². The number of benzene rings is 1. The lowest BCUT2D eigenvalue weighted by atomic mass is 9.85. The quantitative estimate of drug-likeness (QED) is 0.872. The van der Waals surface area contributed by atoms with Crippen LogP contribution in [0, 0.1) is 17.6 Å². The van der Waals surface area contributed by atoms with E-state index in [1.54, 1.807) is 0 Å². The number of aliphatic carboxylic acids is 1. The van der Waals surface area contributed by atoms with Crippen molar-refractivity contribution >= 4 is 11.7 Å². The second-order valence-electron chi connectivity index (χ2n) is 4.70. The van der Waals surface area contributed by atoms with Gasteiger partial charge in [0.05, 0.1) is 5.92 Å². The molecule has 2 N–H and O–H groups in total. The van der Waals surface area contributed by atoms with Gasteiger partial charge in [-0.3, -0.25) is 4.79 Å². The number of carbonyl (C=O) groups is 1. The van der Waals surface area contributed by atoms with Crippen molar-refractivity contribution < 1.29 is 18.7 Å². The van der Waals surface area contributed by atoms with E-state index in [4.69, 9.17) is 5.11 Å². The number of carboxylic acid groups (broad SMARTS) is 1. The molecule has 1 aromatic carbocycles. The molecule has 1 saturated carbocycles. The van der Waals surface area contributed by atoms with Gasteiger partial charge in [-0.15, -0.1) is 0 Å². The molecule has 0 spiro atoms. The third-order valence-electron chi connectivity index (χ3n) is 3.26. The van der Waals surface area contributed by atoms with Crippen molar-refractivity contribution in [1.29, 1.82) is 0 Å². The predicted octanol–water partition coefficient (Wildman–Crippen LogP) is 3.02. The van der Waals surface area contributed by atoms with Gasteiger partial charge in [-0.1, -0.05) is 6.42 Å². The Balaban J connectivity index is 2.02. The van der Waals surface area contributed by atoms with Crippen molar-refractivity contribution in [1.82, 2.24) is 0 Å². The van der Waals surface area contributed by atoms with E-state index >= 15 is 0 Å². The minimum atomic E-state index is -0.799. The molecule has 3 nitrogen and oxygen atoms in total. The fourth-order valence-corrected chi connectivity index (χ4v) is 2.42. The molecule has 0 aliphatic heterocycles. The van der Waals surface area contributed by atoms with Crippen LogP contribution in [0.3, 0.4) is 0 Å². The van der Waals surface area contributed by atoms with Crippen LogP contribution in [0.15, 0.2) is 18.2 Å². The summed E-state index contributed by atoms with van der Waals surface area (Å²) in [5, 5.41) is 12.0. The molecule has 2 atom stereocenters. The molecule has 2 unspecified atom stereocenters. The van der Waals surface area contributed by atoms with Crippen LogP contribution in [0.1, 0.15) is 25.7 Å². The standard InChI is InChI=1S/C13H15F2NO2/c14-9-5-10(15)7-12(6-9)16-11-3-1-2-8(4-11)13(17)18/h5-8,11,16H,1-4H2,(H,17,18). The number of nitrogens with one attached hydrogen (secondary N) is 1. The predicted molar refractivity (Wildman–Crippen MR) is 63.4 cm³/mol. The molecule has 5 heteroatoms. The fraction of sp³-hybridized carbons (Fsp3) is 0.462. The topological polar surface area (TPSA) is 49.3 Å². The summed E-state index contributed by atoms with van der Waals surface area (Å²) < 4.78 is 26.0. The lowest BCUT2D eigenvalue weighted by Gasteiger charge is -2.28. The van der Waals surface area contributed by atoms with E-state index in [9.17, 15) is 13.6 Å². The van der Waals surface area contributed by atoms with Crippen molar-refractivity contribution in [2.45, 2.75) is 31.7 Å². The third kappa shape index (κ3) is 3.18. The summed E-state index contributed by atoms with van der Waals surface area (Å²) in [6.45, 7) is 0. The van der Waals surface area contributed by atoms with Crippen LogP contribution in [-0.4, -0.2) is 17.1 Å². The van der Waals surface area contributed by atoms with Gasteiger partial charge in [0.2, 0.25) is 0 Å². The maximum Gasteiger partial charge on any atom is 0.306 e. The number of halogens is 2. The highest BCUT2D eigenvalue weighted by Gasteiger charge is 2.26. The molecule has 1 aromatic rings. The van der Waals surface area contributed by atoms with E-state index in [1.165, 1.54) is 12.1 Å². The van der Waals surface area contributed by atoms with Crippen LogP contribution in [0.2, 0.25) is 0 Å². The Bertz CT molecular complexity index is 430. The van der Waals surface area contributed by atoms with Crippen molar-refractivity contribution in [3.05, 3.63) is 29.8 Å². The van der Waals surface area contributed by atoms with Gasteiger partial charge in [-0.2, -0.15) is 0 Å². The summed E-state index contributed by atoms with van der Waals surface area (Å²) in [6.07, 6.45) is 2.80. The van der Waals surface area contributed by atoms with E-state index in [0.29, 0.717) is 18.5 Å². The minimum Gasteiger partial charge on any atom is -0.481 e. The fourth-order valence-electron chi connectivity index (χ4n) is 2.42. The van der Waals surface area contributed by atoms with Crippen LogP contribution < -0.4 is 5.32 Å². The van der Waals surface area contributed by atoms with Gasteiger partial charge in [-0.05, 0) is 31.4 Å². The molecule has 98 valence electrons. The zero-order valence-corrected chi connectivity index (χ0v) is 9.83. The molecule has 1 fully saturated rings. The maximum absolute atomic E-state index is 13.0. The molecule has 0 heterocycles. The smallest absolute Gasteiger partial charge is 0.306 e. The Morgan fingerprint density at radius 2 is 1.89 bits per heavy atom. The summed E-state index contributed by atoms with van der Waals surface area (Å²) in [5.74, 6) is -2.44. The van der Waals surface area contributed by atoms with Gasteiger partial charge in [0.25, 0.3) is 0 Å². The molecule has 0 radical (unpaired) electrons. The number of hydrogen-bond acceptors (Lipinski definition) is 2. The highest BCUT2D eigenvalue weighted by Crippen LogP contribution is 2.27. The Morgan fingerprint density at radius 3 is 2.50 bits per heavy atom. The lowest BCUT2D eigenvalue weighted by molar-refractivity contribution is -0.142. The number of anilines is 1. The van der Waals surface area contributed by atoms with Crippen LogP contribution >= 0.6 is 0 Å². The number of hydrogen-bond donors (Lipinski definition) is 2. The normalized spacial score (nSPS) is 23.7. The highest BCUT2D eigenvalue weighted by atomic mass is 19.1. The van der Waals surface area contributed by atoms with Crippen molar-refractivity contribution in [2.75, 3.05) is 5.32 Å². The molecule has 2 rings (SSSR count). The van der Waals surface area contributed by atoms with Gasteiger partial charge in [0, 0.05) is 17.8 Å². The molecule has 18 heavy (non-hydrogen) atoms. The average Bonchev–Trinajstić information content (AvgIpc) is 2.27. The highest BCUT2D eigenvalue weighted by molar-refractivity contribution is 5.70. The Morgan fingerprint density at radius 1 is 1.22 bits per heavy atom. The Labute approximate surface area is 104 Å². The summed E-state index contributed by atoms with van der Waals surface area (Å²) in [5.41, 5.74) is 0.364. The molecule has 1 aliphatic carbocycles. The first-order valence-electron chi connectivity index (χ1n) is 6.00. The first kappa shape index (κ1) is 12.8. The SMILES string of the molecule is O=C(O)C1CCCC(Nc2cc(F)cc(F)c2)C1. The molecular weight excluding hydrogens is 240 g/mol. The first-order chi connectivity index (χ1) is 8.54. The summed E-state index contributed by atoms with van der Waals surface area (Å²) in [6, 6.07) is 3.20. The summed E-state index contributed by atoms with van der Waals surface area (Å²) >= 11 is 0. The summed E-state index contributed by atoms with van der Waals surface area (Å²) in [4.78, 5) is 10.9. The molecular formula is C13H15F2NO2. The van der Waals surface area contributed by atoms with Gasteiger partial charge < -0.3 is 10.4 Å². The number of carboxylic acids is 1. The monoisotopic (exact) mass is 255 g/mol. The lowest BCUT2D eigenvalue weighted by Crippen LogP contribution is -2.31. The van der Waals surface area contributed by atoms with Crippen molar-refractivity contribution in [2.24, 2.45) is 5.92 Å². The molecule has 1 aliphatic rings. The second kappa shape index (κ2) is 5.33. The van der Waals surface area contributed by atoms with Crippen LogP contribution in [0.25, 0.3) is 0 Å². The number of rotatable bonds is 3. The first-order valence-corrected chi connectivity index (χ1v) is 6.00. The van der Waals surface area contributed by atoms with E-state index in [-0.39, 0.29) is 12.0 Å². The van der Waals surface area contributed by atoms with E-state index < -0.39 is 17.6 Å². The summed E-state index contributed by atoms with van der Waals surface area (Å²) in [7, 11) is 0. The second-order valence-corrected chi connectivity index (χ2v) is 4.70. The van der Waals surface area contributed by atoms with E-state index in [1.807, 2.05) is 0 Å². The Hall–Kier alpha value is -1.65. The molecule has 0 saturated heterocycles. The maximum atomic E-state index is 13.0.